The summed E-state index contributed by atoms with van der Waals surface area (Å²) in [5.74, 6) is 0.854. The third-order valence-electron chi connectivity index (χ3n) is 4.71. The number of pyridine rings is 1. The van der Waals surface area contributed by atoms with Crippen LogP contribution in [0.25, 0.3) is 0 Å². The van der Waals surface area contributed by atoms with E-state index >= 15 is 0 Å². The molecule has 1 saturated heterocycles. The summed E-state index contributed by atoms with van der Waals surface area (Å²) in [5, 5.41) is 13.4. The summed E-state index contributed by atoms with van der Waals surface area (Å²) in [7, 11) is 1.68. The van der Waals surface area contributed by atoms with Gasteiger partial charge >= 0.3 is 0 Å². The van der Waals surface area contributed by atoms with Gasteiger partial charge in [0.25, 0.3) is 0 Å². The van der Waals surface area contributed by atoms with E-state index in [1.165, 1.54) is 19.3 Å². The van der Waals surface area contributed by atoms with Gasteiger partial charge in [0, 0.05) is 44.0 Å². The molecule has 0 aromatic carbocycles. The minimum absolute atomic E-state index is 0.133. The van der Waals surface area contributed by atoms with Gasteiger partial charge in [-0.1, -0.05) is 6.42 Å². The number of aliphatic hydroxyl groups excluding tert-OH is 1. The number of β-amino-alcohol motifs (C(OH)–C–C–N with tert-alkyl or cyclic N) is 1. The van der Waals surface area contributed by atoms with Crippen LogP contribution in [0.1, 0.15) is 31.4 Å². The van der Waals surface area contributed by atoms with Crippen molar-refractivity contribution < 1.29 is 9.84 Å². The Hall–Kier alpha value is -1.17. The van der Waals surface area contributed by atoms with Crippen molar-refractivity contribution in [1.29, 1.82) is 0 Å². The van der Waals surface area contributed by atoms with Gasteiger partial charge in [-0.3, -0.25) is 9.88 Å². The lowest BCUT2D eigenvalue weighted by atomic mass is 10.1. The van der Waals surface area contributed by atoms with Crippen molar-refractivity contribution in [1.82, 2.24) is 15.2 Å². The molecule has 5 heteroatoms. The summed E-state index contributed by atoms with van der Waals surface area (Å²) in [4.78, 5) is 6.84. The highest BCUT2D eigenvalue weighted by Gasteiger charge is 2.35. The minimum Gasteiger partial charge on any atom is -0.497 e. The van der Waals surface area contributed by atoms with Crippen LogP contribution in [0, 0.1) is 0 Å². The number of methoxy groups -OCH3 is 1. The number of aromatic nitrogens is 1. The van der Waals surface area contributed by atoms with Gasteiger partial charge in [0.15, 0.2) is 0 Å². The maximum atomic E-state index is 9.73. The van der Waals surface area contributed by atoms with E-state index in [-0.39, 0.29) is 6.10 Å². The van der Waals surface area contributed by atoms with E-state index < -0.39 is 0 Å². The van der Waals surface area contributed by atoms with E-state index in [1.54, 1.807) is 13.3 Å². The van der Waals surface area contributed by atoms with Crippen LogP contribution < -0.4 is 10.1 Å². The van der Waals surface area contributed by atoms with Crippen molar-refractivity contribution in [3.63, 3.8) is 0 Å². The molecule has 2 aliphatic rings. The third-order valence-corrected chi connectivity index (χ3v) is 4.71. The molecule has 116 valence electrons. The van der Waals surface area contributed by atoms with Crippen molar-refractivity contribution in [2.75, 3.05) is 20.2 Å². The molecule has 5 nitrogen and oxygen atoms in total. The molecule has 1 aromatic heterocycles. The molecule has 1 saturated carbocycles. The molecule has 3 rings (SSSR count). The molecular weight excluding hydrogens is 266 g/mol. The number of rotatable bonds is 5. The van der Waals surface area contributed by atoms with Crippen LogP contribution >= 0.6 is 0 Å². The van der Waals surface area contributed by atoms with Crippen molar-refractivity contribution in [3.05, 3.63) is 24.0 Å². The normalized spacial score (nSPS) is 29.9. The molecule has 2 heterocycles. The Morgan fingerprint density at radius 1 is 1.43 bits per heavy atom. The van der Waals surface area contributed by atoms with Crippen LogP contribution in [0.5, 0.6) is 5.75 Å². The predicted octanol–water partition coefficient (Wildman–Crippen LogP) is 1.17. The standard InChI is InChI=1S/C16H25N3O2/c1-21-14-5-7-17-12(9-14)10-18-15-3-2-4-16(15)19-8-6-13(20)11-19/h5,7,9,13,15-16,18,20H,2-4,6,8,10-11H2,1H3/t13?,15-,16+/m1/s1. The second-order valence-electron chi connectivity index (χ2n) is 6.11. The van der Waals surface area contributed by atoms with Crippen molar-refractivity contribution >= 4 is 0 Å². The Kier molecular flexibility index (Phi) is 4.73. The Morgan fingerprint density at radius 3 is 3.10 bits per heavy atom. The molecule has 0 radical (unpaired) electrons. The second kappa shape index (κ2) is 6.73. The van der Waals surface area contributed by atoms with E-state index in [4.69, 9.17) is 4.74 Å². The van der Waals surface area contributed by atoms with Crippen LogP contribution in [-0.4, -0.2) is 53.4 Å². The molecule has 3 atom stereocenters. The first-order valence-corrected chi connectivity index (χ1v) is 7.90. The van der Waals surface area contributed by atoms with Gasteiger partial charge in [0.2, 0.25) is 0 Å². The van der Waals surface area contributed by atoms with E-state index in [2.05, 4.69) is 15.2 Å². The minimum atomic E-state index is -0.133. The number of aliphatic hydroxyl groups is 1. The largest absolute Gasteiger partial charge is 0.497 e. The van der Waals surface area contributed by atoms with Crippen LogP contribution in [0.2, 0.25) is 0 Å². The van der Waals surface area contributed by atoms with E-state index in [1.807, 2.05) is 12.1 Å². The Labute approximate surface area is 126 Å². The fourth-order valence-corrected chi connectivity index (χ4v) is 3.60. The van der Waals surface area contributed by atoms with Crippen LogP contribution in [0.15, 0.2) is 18.3 Å². The van der Waals surface area contributed by atoms with Gasteiger partial charge in [-0.25, -0.2) is 0 Å². The van der Waals surface area contributed by atoms with Crippen LogP contribution in [-0.2, 0) is 6.54 Å². The lowest BCUT2D eigenvalue weighted by molar-refractivity contribution is 0.150. The zero-order valence-electron chi connectivity index (χ0n) is 12.7. The Morgan fingerprint density at radius 2 is 2.33 bits per heavy atom. The predicted molar refractivity (Wildman–Crippen MR) is 81.3 cm³/mol. The topological polar surface area (TPSA) is 57.6 Å². The highest BCUT2D eigenvalue weighted by molar-refractivity contribution is 5.22. The zero-order chi connectivity index (χ0) is 14.7. The smallest absolute Gasteiger partial charge is 0.122 e. The molecule has 0 spiro atoms. The molecule has 1 aromatic rings. The highest BCUT2D eigenvalue weighted by atomic mass is 16.5. The van der Waals surface area contributed by atoms with E-state index in [0.29, 0.717) is 12.1 Å². The quantitative estimate of drug-likeness (QED) is 0.853. The summed E-state index contributed by atoms with van der Waals surface area (Å²) in [6.45, 7) is 2.64. The summed E-state index contributed by atoms with van der Waals surface area (Å²) in [5.41, 5.74) is 1.02. The second-order valence-corrected chi connectivity index (χ2v) is 6.11. The molecule has 1 aliphatic heterocycles. The van der Waals surface area contributed by atoms with E-state index in [9.17, 15) is 5.11 Å². The van der Waals surface area contributed by atoms with Crippen molar-refractivity contribution in [2.24, 2.45) is 0 Å². The Bertz CT molecular complexity index is 469. The maximum absolute atomic E-state index is 9.73. The van der Waals surface area contributed by atoms with Crippen LogP contribution in [0.4, 0.5) is 0 Å². The summed E-state index contributed by atoms with van der Waals surface area (Å²) in [6.07, 6.45) is 6.28. The Balaban J connectivity index is 1.56. The lowest BCUT2D eigenvalue weighted by Crippen LogP contribution is -2.46. The van der Waals surface area contributed by atoms with Gasteiger partial charge in [0.1, 0.15) is 5.75 Å². The van der Waals surface area contributed by atoms with Gasteiger partial charge < -0.3 is 15.2 Å². The first-order valence-electron chi connectivity index (χ1n) is 7.90. The average molecular weight is 291 g/mol. The highest BCUT2D eigenvalue weighted by Crippen LogP contribution is 2.27. The summed E-state index contributed by atoms with van der Waals surface area (Å²) < 4.78 is 5.24. The fourth-order valence-electron chi connectivity index (χ4n) is 3.60. The average Bonchev–Trinajstić information content (AvgIpc) is 3.13. The first kappa shape index (κ1) is 14.8. The molecule has 1 aliphatic carbocycles. The van der Waals surface area contributed by atoms with Gasteiger partial charge in [-0.15, -0.1) is 0 Å². The summed E-state index contributed by atoms with van der Waals surface area (Å²) >= 11 is 0. The van der Waals surface area contributed by atoms with Crippen LogP contribution in [0.3, 0.4) is 0 Å². The molecule has 2 N–H and O–H groups in total. The van der Waals surface area contributed by atoms with Gasteiger partial charge in [-0.05, 0) is 25.3 Å². The van der Waals surface area contributed by atoms with E-state index in [0.717, 1.165) is 37.5 Å². The number of nitrogens with one attached hydrogen (secondary N) is 1. The first-order chi connectivity index (χ1) is 10.3. The molecule has 21 heavy (non-hydrogen) atoms. The number of hydrogen-bond acceptors (Lipinski definition) is 5. The molecule has 2 fully saturated rings. The fraction of sp³-hybridized carbons (Fsp3) is 0.688. The number of nitrogens with zero attached hydrogens (tertiary/aromatic N) is 2. The molecular formula is C16H25N3O2. The van der Waals surface area contributed by atoms with Crippen molar-refractivity contribution in [2.45, 2.75) is 50.4 Å². The molecule has 1 unspecified atom stereocenters. The van der Waals surface area contributed by atoms with Gasteiger partial charge in [0.05, 0.1) is 18.9 Å². The molecule has 0 amide bonds. The summed E-state index contributed by atoms with van der Waals surface area (Å²) in [6, 6.07) is 4.92. The number of likely N-dealkylation sites (tertiary alicyclic amines) is 1. The monoisotopic (exact) mass is 291 g/mol. The zero-order valence-corrected chi connectivity index (χ0v) is 12.7. The van der Waals surface area contributed by atoms with Crippen molar-refractivity contribution in [3.8, 4) is 5.75 Å². The maximum Gasteiger partial charge on any atom is 0.122 e. The number of ether oxygens (including phenoxy) is 1. The van der Waals surface area contributed by atoms with Gasteiger partial charge in [-0.2, -0.15) is 0 Å². The molecule has 0 bridgehead atoms. The SMILES string of the molecule is COc1ccnc(CN[C@@H]2CCC[C@@H]2N2CCC(O)C2)c1. The third kappa shape index (κ3) is 3.54. The number of hydrogen-bond donors (Lipinski definition) is 2. The lowest BCUT2D eigenvalue weighted by Gasteiger charge is -2.29.